The van der Waals surface area contributed by atoms with E-state index in [0.717, 1.165) is 22.5 Å². The van der Waals surface area contributed by atoms with Gasteiger partial charge in [0.25, 0.3) is 10.2 Å². The van der Waals surface area contributed by atoms with Gasteiger partial charge in [-0.3, -0.25) is 0 Å². The zero-order chi connectivity index (χ0) is 24.2. The molecule has 1 aliphatic heterocycles. The highest BCUT2D eigenvalue weighted by Gasteiger charge is 2.48. The lowest BCUT2D eigenvalue weighted by Crippen LogP contribution is -2.65. The van der Waals surface area contributed by atoms with Crippen LogP contribution in [0.4, 0.5) is 27.6 Å². The molecule has 1 saturated heterocycles. The standard InChI is InChI=1S/C20H16ClF5N4O2S/c21-12-2-4-16-13(6-12)17(7-18(29-16)20(24,25)26)28-8-19(9-30(10-19)33(27,31)32)11-1-3-14(22)15(23)5-11/h1-7H,8-10H2,(H,28,29)(H2,27,31,32). The Hall–Kier alpha value is -2.54. The Balaban J connectivity index is 1.74. The summed E-state index contributed by atoms with van der Waals surface area (Å²) in [6.45, 7) is -0.466. The van der Waals surface area contributed by atoms with Crippen molar-refractivity contribution in [3.63, 3.8) is 0 Å². The quantitative estimate of drug-likeness (QED) is 0.511. The first kappa shape index (κ1) is 23.6. The zero-order valence-corrected chi connectivity index (χ0v) is 18.2. The molecule has 3 N–H and O–H groups in total. The molecule has 2 aromatic carbocycles. The molecule has 0 unspecified atom stereocenters. The molecular weight excluding hydrogens is 491 g/mol. The van der Waals surface area contributed by atoms with Crippen LogP contribution in [0.15, 0.2) is 42.5 Å². The van der Waals surface area contributed by atoms with E-state index in [2.05, 4.69) is 10.3 Å². The van der Waals surface area contributed by atoms with Gasteiger partial charge in [-0.15, -0.1) is 0 Å². The molecule has 0 aliphatic carbocycles. The molecule has 1 aromatic heterocycles. The monoisotopic (exact) mass is 506 g/mol. The first-order valence-electron chi connectivity index (χ1n) is 9.43. The molecule has 0 atom stereocenters. The van der Waals surface area contributed by atoms with Gasteiger partial charge in [-0.1, -0.05) is 17.7 Å². The van der Waals surface area contributed by atoms with E-state index in [1.54, 1.807) is 0 Å². The lowest BCUT2D eigenvalue weighted by atomic mass is 9.75. The summed E-state index contributed by atoms with van der Waals surface area (Å²) in [5.41, 5.74) is -1.86. The second-order valence-electron chi connectivity index (χ2n) is 7.79. The highest BCUT2D eigenvalue weighted by molar-refractivity contribution is 7.86. The molecule has 0 spiro atoms. The summed E-state index contributed by atoms with van der Waals surface area (Å²) in [6.07, 6.45) is -4.72. The van der Waals surface area contributed by atoms with E-state index >= 15 is 0 Å². The van der Waals surface area contributed by atoms with Crippen LogP contribution in [0.25, 0.3) is 10.9 Å². The predicted octanol–water partition coefficient (Wildman–Crippen LogP) is 4.05. The summed E-state index contributed by atoms with van der Waals surface area (Å²) < 4.78 is 91.8. The molecule has 2 heterocycles. The lowest BCUT2D eigenvalue weighted by molar-refractivity contribution is -0.140. The number of halogens is 6. The summed E-state index contributed by atoms with van der Waals surface area (Å²) in [7, 11) is -4.05. The fourth-order valence-electron chi connectivity index (χ4n) is 3.79. The van der Waals surface area contributed by atoms with E-state index in [4.69, 9.17) is 16.7 Å². The third kappa shape index (κ3) is 4.60. The number of alkyl halides is 3. The first-order valence-corrected chi connectivity index (χ1v) is 11.3. The van der Waals surface area contributed by atoms with Crippen LogP contribution in [-0.4, -0.2) is 37.3 Å². The number of nitrogens with one attached hydrogen (secondary N) is 1. The van der Waals surface area contributed by atoms with Crippen LogP contribution in [0, 0.1) is 11.6 Å². The normalized spacial score (nSPS) is 16.6. The number of anilines is 1. The van der Waals surface area contributed by atoms with E-state index in [-0.39, 0.29) is 41.4 Å². The average Bonchev–Trinajstić information content (AvgIpc) is 2.67. The molecule has 13 heteroatoms. The van der Waals surface area contributed by atoms with Gasteiger partial charge in [-0.25, -0.2) is 18.9 Å². The van der Waals surface area contributed by atoms with Crippen molar-refractivity contribution in [3.05, 3.63) is 70.4 Å². The minimum atomic E-state index is -4.72. The van der Waals surface area contributed by atoms with Crippen molar-refractivity contribution in [2.75, 3.05) is 25.0 Å². The number of aromatic nitrogens is 1. The van der Waals surface area contributed by atoms with Gasteiger partial charge >= 0.3 is 6.18 Å². The molecule has 6 nitrogen and oxygen atoms in total. The van der Waals surface area contributed by atoms with Gasteiger partial charge < -0.3 is 5.32 Å². The zero-order valence-electron chi connectivity index (χ0n) is 16.6. The van der Waals surface area contributed by atoms with Crippen molar-refractivity contribution in [2.24, 2.45) is 5.14 Å². The van der Waals surface area contributed by atoms with Crippen LogP contribution in [0.2, 0.25) is 5.02 Å². The van der Waals surface area contributed by atoms with Crippen LogP contribution in [0.3, 0.4) is 0 Å². The second-order valence-corrected chi connectivity index (χ2v) is 9.77. The average molecular weight is 507 g/mol. The number of hydrogen-bond acceptors (Lipinski definition) is 4. The van der Waals surface area contributed by atoms with Gasteiger partial charge in [-0.05, 0) is 42.0 Å². The van der Waals surface area contributed by atoms with Crippen LogP contribution in [-0.2, 0) is 21.8 Å². The van der Waals surface area contributed by atoms with Crippen LogP contribution in [0.1, 0.15) is 11.3 Å². The largest absolute Gasteiger partial charge is 0.433 e. The molecule has 176 valence electrons. The SMILES string of the molecule is NS(=O)(=O)N1CC(CNc2cc(C(F)(F)F)nc3ccc(Cl)cc23)(c2ccc(F)c(F)c2)C1. The Morgan fingerprint density at radius 3 is 2.39 bits per heavy atom. The fraction of sp³-hybridized carbons (Fsp3) is 0.250. The lowest BCUT2D eigenvalue weighted by Gasteiger charge is -2.49. The maximum Gasteiger partial charge on any atom is 0.433 e. The topological polar surface area (TPSA) is 88.3 Å². The Morgan fingerprint density at radius 2 is 1.79 bits per heavy atom. The van der Waals surface area contributed by atoms with Gasteiger partial charge in [0.05, 0.1) is 5.52 Å². The molecule has 0 amide bonds. The number of nitrogens with zero attached hydrogens (tertiary/aromatic N) is 2. The number of nitrogens with two attached hydrogens (primary N) is 1. The summed E-state index contributed by atoms with van der Waals surface area (Å²) in [5.74, 6) is -2.23. The van der Waals surface area contributed by atoms with Crippen LogP contribution >= 0.6 is 11.6 Å². The van der Waals surface area contributed by atoms with Gasteiger partial charge in [0, 0.05) is 41.1 Å². The molecule has 1 aliphatic rings. The van der Waals surface area contributed by atoms with Crippen molar-refractivity contribution < 1.29 is 30.4 Å². The molecule has 33 heavy (non-hydrogen) atoms. The molecule has 3 aromatic rings. The van der Waals surface area contributed by atoms with Gasteiger partial charge in [-0.2, -0.15) is 25.9 Å². The summed E-state index contributed by atoms with van der Waals surface area (Å²) in [5, 5.41) is 8.63. The second kappa shape index (κ2) is 8.05. The van der Waals surface area contributed by atoms with Crippen molar-refractivity contribution in [2.45, 2.75) is 11.6 Å². The molecule has 0 saturated carbocycles. The van der Waals surface area contributed by atoms with Gasteiger partial charge in [0.2, 0.25) is 0 Å². The van der Waals surface area contributed by atoms with E-state index in [9.17, 15) is 30.4 Å². The molecule has 0 bridgehead atoms. The van der Waals surface area contributed by atoms with Gasteiger partial charge in [0.15, 0.2) is 11.6 Å². The van der Waals surface area contributed by atoms with E-state index in [0.29, 0.717) is 5.39 Å². The maximum absolute atomic E-state index is 13.9. The Morgan fingerprint density at radius 1 is 1.09 bits per heavy atom. The Kier molecular flexibility index (Phi) is 5.76. The van der Waals surface area contributed by atoms with E-state index in [1.165, 1.54) is 24.3 Å². The third-order valence-electron chi connectivity index (χ3n) is 5.53. The summed E-state index contributed by atoms with van der Waals surface area (Å²) in [6, 6.07) is 8.12. The van der Waals surface area contributed by atoms with Crippen molar-refractivity contribution in [1.82, 2.24) is 9.29 Å². The number of pyridine rings is 1. The number of hydrogen-bond donors (Lipinski definition) is 2. The Labute approximate surface area is 190 Å². The smallest absolute Gasteiger partial charge is 0.383 e. The highest BCUT2D eigenvalue weighted by Crippen LogP contribution is 2.39. The van der Waals surface area contributed by atoms with Crippen molar-refractivity contribution in [1.29, 1.82) is 0 Å². The number of benzene rings is 2. The first-order chi connectivity index (χ1) is 15.3. The molecule has 0 radical (unpaired) electrons. The van der Waals surface area contributed by atoms with Crippen molar-refractivity contribution in [3.8, 4) is 0 Å². The number of fused-ring (bicyclic) bond motifs is 1. The van der Waals surface area contributed by atoms with Crippen LogP contribution in [0.5, 0.6) is 0 Å². The molecular formula is C20H16ClF5N4O2S. The highest BCUT2D eigenvalue weighted by atomic mass is 35.5. The third-order valence-corrected chi connectivity index (χ3v) is 6.74. The molecule has 1 fully saturated rings. The van der Waals surface area contributed by atoms with Crippen molar-refractivity contribution >= 4 is 38.4 Å². The van der Waals surface area contributed by atoms with E-state index < -0.39 is 39.1 Å². The van der Waals surface area contributed by atoms with Crippen LogP contribution < -0.4 is 10.5 Å². The minimum absolute atomic E-state index is 0.0402. The minimum Gasteiger partial charge on any atom is -0.383 e. The fourth-order valence-corrected chi connectivity index (χ4v) is 4.81. The summed E-state index contributed by atoms with van der Waals surface area (Å²) >= 11 is 6.00. The maximum atomic E-state index is 13.9. The summed E-state index contributed by atoms with van der Waals surface area (Å²) in [4.78, 5) is 3.63. The molecule has 4 rings (SSSR count). The number of rotatable bonds is 5. The Bertz CT molecular complexity index is 1340. The van der Waals surface area contributed by atoms with Gasteiger partial charge in [0.1, 0.15) is 5.69 Å². The predicted molar refractivity (Wildman–Crippen MR) is 113 cm³/mol. The van der Waals surface area contributed by atoms with E-state index in [1.807, 2.05) is 0 Å².